The summed E-state index contributed by atoms with van der Waals surface area (Å²) in [6.45, 7) is 3.61. The molecule has 4 rings (SSSR count). The fourth-order valence-corrected chi connectivity index (χ4v) is 4.29. The van der Waals surface area contributed by atoms with E-state index in [-0.39, 0.29) is 29.1 Å². The maximum atomic E-state index is 12.8. The Kier molecular flexibility index (Phi) is 5.39. The van der Waals surface area contributed by atoms with Gasteiger partial charge in [0.25, 0.3) is 11.6 Å². The van der Waals surface area contributed by atoms with Crippen LogP contribution in [0.3, 0.4) is 0 Å². The number of carbonyl (C=O) groups excluding carboxylic acids is 2. The van der Waals surface area contributed by atoms with Crippen LogP contribution in [-0.4, -0.2) is 47.8 Å². The minimum atomic E-state index is -0.450. The lowest BCUT2D eigenvalue weighted by molar-refractivity contribution is -0.384. The van der Waals surface area contributed by atoms with Gasteiger partial charge in [0.05, 0.1) is 11.0 Å². The second-order valence-corrected chi connectivity index (χ2v) is 7.72. The largest absolute Gasteiger partial charge is 0.362 e. The smallest absolute Gasteiger partial charge is 0.293 e. The molecule has 1 unspecified atom stereocenters. The fourth-order valence-electron chi connectivity index (χ4n) is 4.29. The molecule has 0 aromatic heterocycles. The number of nitro groups is 1. The first-order chi connectivity index (χ1) is 14.4. The fraction of sp³-hybridized carbons (Fsp3) is 0.364. The topological polar surface area (TPSA) is 95.8 Å². The highest BCUT2D eigenvalue weighted by molar-refractivity contribution is 5.96. The Morgan fingerprint density at radius 1 is 1.10 bits per heavy atom. The number of hydrogen-bond acceptors (Lipinski definition) is 5. The highest BCUT2D eigenvalue weighted by Gasteiger charge is 2.28. The summed E-state index contributed by atoms with van der Waals surface area (Å²) in [5.74, 6) is -0.308. The molecule has 156 valence electrons. The van der Waals surface area contributed by atoms with Gasteiger partial charge in [-0.3, -0.25) is 19.7 Å². The minimum absolute atomic E-state index is 0.00431. The van der Waals surface area contributed by atoms with Crippen LogP contribution in [0.1, 0.15) is 40.9 Å². The van der Waals surface area contributed by atoms with Crippen molar-refractivity contribution in [1.29, 1.82) is 0 Å². The van der Waals surface area contributed by atoms with E-state index in [1.54, 1.807) is 17.0 Å². The van der Waals surface area contributed by atoms with Crippen molar-refractivity contribution in [2.45, 2.75) is 25.8 Å². The third kappa shape index (κ3) is 3.85. The van der Waals surface area contributed by atoms with Gasteiger partial charge in [0.2, 0.25) is 5.91 Å². The van der Waals surface area contributed by atoms with Crippen molar-refractivity contribution in [3.8, 4) is 0 Å². The highest BCUT2D eigenvalue weighted by Crippen LogP contribution is 2.33. The number of benzene rings is 2. The van der Waals surface area contributed by atoms with Crippen LogP contribution in [0.2, 0.25) is 0 Å². The Bertz CT molecular complexity index is 998. The number of fused-ring (bicyclic) bond motifs is 1. The van der Waals surface area contributed by atoms with E-state index in [2.05, 4.69) is 11.4 Å². The van der Waals surface area contributed by atoms with Crippen LogP contribution in [0.15, 0.2) is 42.5 Å². The van der Waals surface area contributed by atoms with Gasteiger partial charge < -0.3 is 15.1 Å². The number of nitrogens with zero attached hydrogens (tertiary/aromatic N) is 3. The predicted octanol–water partition coefficient (Wildman–Crippen LogP) is 2.68. The van der Waals surface area contributed by atoms with E-state index in [0.717, 1.165) is 18.4 Å². The summed E-state index contributed by atoms with van der Waals surface area (Å²) in [5, 5.41) is 14.7. The van der Waals surface area contributed by atoms with Gasteiger partial charge in [0, 0.05) is 44.7 Å². The molecule has 0 spiro atoms. The van der Waals surface area contributed by atoms with E-state index >= 15 is 0 Å². The monoisotopic (exact) mass is 408 g/mol. The van der Waals surface area contributed by atoms with Crippen molar-refractivity contribution in [2.75, 3.05) is 31.1 Å². The molecule has 2 amide bonds. The second-order valence-electron chi connectivity index (χ2n) is 7.72. The first-order valence-electron chi connectivity index (χ1n) is 10.1. The van der Waals surface area contributed by atoms with Crippen LogP contribution < -0.4 is 10.2 Å². The van der Waals surface area contributed by atoms with Gasteiger partial charge in [-0.15, -0.1) is 0 Å². The molecule has 1 atom stereocenters. The molecule has 0 bridgehead atoms. The Morgan fingerprint density at radius 2 is 1.83 bits per heavy atom. The maximum absolute atomic E-state index is 12.8. The van der Waals surface area contributed by atoms with Crippen molar-refractivity contribution in [2.24, 2.45) is 0 Å². The molecule has 1 fully saturated rings. The van der Waals surface area contributed by atoms with Gasteiger partial charge in [-0.25, -0.2) is 0 Å². The zero-order chi connectivity index (χ0) is 21.3. The lowest BCUT2D eigenvalue weighted by Crippen LogP contribution is -2.48. The summed E-state index contributed by atoms with van der Waals surface area (Å²) in [4.78, 5) is 39.2. The second kappa shape index (κ2) is 8.14. The van der Waals surface area contributed by atoms with Crippen LogP contribution in [0.5, 0.6) is 0 Å². The number of nitro benzene ring substituents is 1. The van der Waals surface area contributed by atoms with Crippen molar-refractivity contribution in [3.05, 3.63) is 69.3 Å². The molecule has 1 aliphatic carbocycles. The van der Waals surface area contributed by atoms with Crippen molar-refractivity contribution in [1.82, 2.24) is 10.2 Å². The number of anilines is 1. The first-order valence-corrected chi connectivity index (χ1v) is 10.1. The van der Waals surface area contributed by atoms with Crippen molar-refractivity contribution >= 4 is 23.2 Å². The Balaban J connectivity index is 1.51. The number of piperazine rings is 1. The molecule has 8 heteroatoms. The van der Waals surface area contributed by atoms with Crippen LogP contribution in [0, 0.1) is 10.1 Å². The number of amides is 2. The Morgan fingerprint density at radius 3 is 2.53 bits per heavy atom. The molecule has 2 aromatic rings. The van der Waals surface area contributed by atoms with Gasteiger partial charge in [-0.05, 0) is 36.1 Å². The molecule has 2 aromatic carbocycles. The summed E-state index contributed by atoms with van der Waals surface area (Å²) >= 11 is 0. The Hall–Kier alpha value is -3.42. The standard InChI is InChI=1S/C22H24N4O4/c1-15(27)24-10-12-25(13-11-24)20-9-7-17(14-21(20)26(29)30)22(28)23-19-8-6-16-4-2-3-5-18(16)19/h2-5,7,9,14,19H,6,8,10-13H2,1H3,(H,23,28). The lowest BCUT2D eigenvalue weighted by Gasteiger charge is -2.35. The summed E-state index contributed by atoms with van der Waals surface area (Å²) in [6, 6.07) is 12.6. The number of aryl methyl sites for hydroxylation is 1. The quantitative estimate of drug-likeness (QED) is 0.620. The molecule has 1 saturated heterocycles. The number of rotatable bonds is 4. The van der Waals surface area contributed by atoms with Gasteiger partial charge in [-0.2, -0.15) is 0 Å². The van der Waals surface area contributed by atoms with E-state index in [0.29, 0.717) is 31.9 Å². The average Bonchev–Trinajstić information content (AvgIpc) is 3.16. The average molecular weight is 408 g/mol. The zero-order valence-electron chi connectivity index (χ0n) is 16.8. The molecule has 0 radical (unpaired) electrons. The van der Waals surface area contributed by atoms with Gasteiger partial charge in [0.1, 0.15) is 5.69 Å². The lowest BCUT2D eigenvalue weighted by atomic mass is 10.1. The number of hydrogen-bond donors (Lipinski definition) is 1. The summed E-state index contributed by atoms with van der Waals surface area (Å²) in [6.07, 6.45) is 1.73. The molecule has 30 heavy (non-hydrogen) atoms. The molecular weight excluding hydrogens is 384 g/mol. The van der Waals surface area contributed by atoms with E-state index in [9.17, 15) is 19.7 Å². The van der Waals surface area contributed by atoms with Gasteiger partial charge in [-0.1, -0.05) is 24.3 Å². The van der Waals surface area contributed by atoms with E-state index in [1.165, 1.54) is 18.6 Å². The third-order valence-corrected chi connectivity index (χ3v) is 5.94. The third-order valence-electron chi connectivity index (χ3n) is 5.94. The minimum Gasteiger partial charge on any atom is -0.362 e. The van der Waals surface area contributed by atoms with Crippen LogP contribution in [-0.2, 0) is 11.2 Å². The molecule has 1 N–H and O–H groups in total. The number of nitrogens with one attached hydrogen (secondary N) is 1. The van der Waals surface area contributed by atoms with Crippen molar-refractivity contribution in [3.63, 3.8) is 0 Å². The first kappa shape index (κ1) is 19.9. The molecule has 2 aliphatic rings. The molecule has 8 nitrogen and oxygen atoms in total. The van der Waals surface area contributed by atoms with E-state index in [1.807, 2.05) is 23.1 Å². The van der Waals surface area contributed by atoms with E-state index < -0.39 is 4.92 Å². The predicted molar refractivity (Wildman–Crippen MR) is 113 cm³/mol. The summed E-state index contributed by atoms with van der Waals surface area (Å²) in [7, 11) is 0. The zero-order valence-corrected chi connectivity index (χ0v) is 16.8. The Labute approximate surface area is 174 Å². The van der Waals surface area contributed by atoms with Crippen molar-refractivity contribution < 1.29 is 14.5 Å². The molecule has 0 saturated carbocycles. The summed E-state index contributed by atoms with van der Waals surface area (Å²) in [5.41, 5.74) is 3.00. The molecule has 1 aliphatic heterocycles. The van der Waals surface area contributed by atoms with Crippen LogP contribution in [0.4, 0.5) is 11.4 Å². The van der Waals surface area contributed by atoms with Crippen LogP contribution in [0.25, 0.3) is 0 Å². The van der Waals surface area contributed by atoms with E-state index in [4.69, 9.17) is 0 Å². The number of carbonyl (C=O) groups is 2. The molecule has 1 heterocycles. The highest BCUT2D eigenvalue weighted by atomic mass is 16.6. The SMILES string of the molecule is CC(=O)N1CCN(c2ccc(C(=O)NC3CCc4ccccc43)cc2[N+](=O)[O-])CC1. The molecular formula is C22H24N4O4. The van der Waals surface area contributed by atoms with Crippen LogP contribution >= 0.6 is 0 Å². The summed E-state index contributed by atoms with van der Waals surface area (Å²) < 4.78 is 0. The maximum Gasteiger partial charge on any atom is 0.293 e. The normalized spacial score (nSPS) is 18.1. The van der Waals surface area contributed by atoms with Gasteiger partial charge >= 0.3 is 0 Å². The van der Waals surface area contributed by atoms with Gasteiger partial charge in [0.15, 0.2) is 0 Å².